The summed E-state index contributed by atoms with van der Waals surface area (Å²) in [5.41, 5.74) is 0. The maximum atomic E-state index is 10.4. The van der Waals surface area contributed by atoms with Crippen LogP contribution in [-0.2, 0) is 0 Å². The molecule has 0 heterocycles. The summed E-state index contributed by atoms with van der Waals surface area (Å²) in [5.74, 6) is 2.36. The zero-order chi connectivity index (χ0) is 16.6. The lowest BCUT2D eigenvalue weighted by Gasteiger charge is -2.18. The lowest BCUT2D eigenvalue weighted by molar-refractivity contribution is 0.327. The van der Waals surface area contributed by atoms with E-state index in [1.54, 1.807) is 40.6 Å². The molecule has 3 rings (SSSR count). The summed E-state index contributed by atoms with van der Waals surface area (Å²) in [6.07, 6.45) is 0. The number of benzene rings is 3. The van der Waals surface area contributed by atoms with Crippen LogP contribution >= 0.6 is 0 Å². The number of rotatable bonds is 4. The fraction of sp³-hybridized carbons (Fsp3) is 0.222. The predicted molar refractivity (Wildman–Crippen MR) is 89.3 cm³/mol. The predicted octanol–water partition coefficient (Wildman–Crippen LogP) is 3.73. The lowest BCUT2D eigenvalue weighted by atomic mass is 9.98. The van der Waals surface area contributed by atoms with Crippen molar-refractivity contribution >= 4 is 21.5 Å². The number of phenols is 1. The van der Waals surface area contributed by atoms with Gasteiger partial charge in [0.05, 0.1) is 28.4 Å². The van der Waals surface area contributed by atoms with Gasteiger partial charge in [-0.05, 0) is 23.6 Å². The van der Waals surface area contributed by atoms with Gasteiger partial charge >= 0.3 is 0 Å². The average Bonchev–Trinajstić information content (AvgIpc) is 2.59. The van der Waals surface area contributed by atoms with E-state index in [-0.39, 0.29) is 5.75 Å². The zero-order valence-corrected chi connectivity index (χ0v) is 13.5. The molecule has 0 saturated heterocycles. The molecule has 0 fully saturated rings. The molecule has 0 bridgehead atoms. The van der Waals surface area contributed by atoms with E-state index >= 15 is 0 Å². The second kappa shape index (κ2) is 5.76. The monoisotopic (exact) mass is 314 g/mol. The number of methoxy groups -OCH3 is 4. The summed E-state index contributed by atoms with van der Waals surface area (Å²) in [6.45, 7) is 0. The summed E-state index contributed by atoms with van der Waals surface area (Å²) >= 11 is 0. The fourth-order valence-electron chi connectivity index (χ4n) is 2.94. The Kier molecular flexibility index (Phi) is 3.78. The molecule has 120 valence electrons. The smallest absolute Gasteiger partial charge is 0.203 e. The van der Waals surface area contributed by atoms with Gasteiger partial charge in [0.25, 0.3) is 0 Å². The second-order valence-electron chi connectivity index (χ2n) is 5.02. The number of aromatic hydroxyl groups is 1. The van der Waals surface area contributed by atoms with E-state index in [0.717, 1.165) is 16.2 Å². The number of ether oxygens (including phenoxy) is 4. The Morgan fingerprint density at radius 1 is 0.739 bits per heavy atom. The quantitative estimate of drug-likeness (QED) is 0.744. The Hall–Kier alpha value is -2.82. The molecule has 0 radical (unpaired) electrons. The first-order chi connectivity index (χ1) is 11.2. The molecule has 5 heteroatoms. The van der Waals surface area contributed by atoms with E-state index in [1.165, 1.54) is 0 Å². The normalized spacial score (nSPS) is 10.8. The first kappa shape index (κ1) is 15.1. The van der Waals surface area contributed by atoms with E-state index in [1.807, 2.05) is 18.2 Å². The fourth-order valence-corrected chi connectivity index (χ4v) is 2.94. The molecule has 5 nitrogen and oxygen atoms in total. The van der Waals surface area contributed by atoms with Crippen LogP contribution in [0.2, 0.25) is 0 Å². The molecule has 0 saturated carbocycles. The molecule has 0 amide bonds. The minimum atomic E-state index is 0.150. The standard InChI is InChI=1S/C18H18O5/c1-20-13-8-10-9-14(21-2)17(22-3)18(23-4)15(10)16-11(13)6-5-7-12(16)19/h5-9,19H,1-4H3. The molecule has 3 aromatic carbocycles. The molecule has 0 unspecified atom stereocenters. The highest BCUT2D eigenvalue weighted by molar-refractivity contribution is 6.17. The van der Waals surface area contributed by atoms with E-state index in [2.05, 4.69) is 0 Å². The van der Waals surface area contributed by atoms with E-state index in [0.29, 0.717) is 28.4 Å². The van der Waals surface area contributed by atoms with Crippen molar-refractivity contribution in [2.24, 2.45) is 0 Å². The molecular weight excluding hydrogens is 296 g/mol. The van der Waals surface area contributed by atoms with Crippen LogP contribution < -0.4 is 18.9 Å². The van der Waals surface area contributed by atoms with Gasteiger partial charge in [-0.3, -0.25) is 0 Å². The van der Waals surface area contributed by atoms with Gasteiger partial charge in [0.2, 0.25) is 5.75 Å². The van der Waals surface area contributed by atoms with Crippen LogP contribution in [0.25, 0.3) is 21.5 Å². The topological polar surface area (TPSA) is 57.2 Å². The highest BCUT2D eigenvalue weighted by Gasteiger charge is 2.21. The highest BCUT2D eigenvalue weighted by atomic mass is 16.5. The SMILES string of the molecule is COc1cc2cc(OC)c3cccc(O)c3c2c(OC)c1OC. The maximum absolute atomic E-state index is 10.4. The van der Waals surface area contributed by atoms with Crippen LogP contribution in [0.4, 0.5) is 0 Å². The van der Waals surface area contributed by atoms with E-state index in [9.17, 15) is 5.11 Å². The number of hydrogen-bond acceptors (Lipinski definition) is 5. The van der Waals surface area contributed by atoms with Crippen molar-refractivity contribution in [3.8, 4) is 28.7 Å². The van der Waals surface area contributed by atoms with Crippen LogP contribution in [0.1, 0.15) is 0 Å². The number of hydrogen-bond donors (Lipinski definition) is 1. The Labute approximate surface area is 134 Å². The van der Waals surface area contributed by atoms with Crippen molar-refractivity contribution in [2.75, 3.05) is 28.4 Å². The molecule has 1 N–H and O–H groups in total. The first-order valence-electron chi connectivity index (χ1n) is 7.07. The Balaban J connectivity index is 2.62. The molecule has 0 aromatic heterocycles. The van der Waals surface area contributed by atoms with Gasteiger partial charge in [0.15, 0.2) is 11.5 Å². The van der Waals surface area contributed by atoms with Gasteiger partial charge < -0.3 is 24.1 Å². The van der Waals surface area contributed by atoms with E-state index in [4.69, 9.17) is 18.9 Å². The minimum Gasteiger partial charge on any atom is -0.507 e. The summed E-state index contributed by atoms with van der Waals surface area (Å²) in [5, 5.41) is 13.4. The zero-order valence-electron chi connectivity index (χ0n) is 13.5. The van der Waals surface area contributed by atoms with Gasteiger partial charge in [-0.1, -0.05) is 12.1 Å². The van der Waals surface area contributed by atoms with Crippen LogP contribution in [0, 0.1) is 0 Å². The van der Waals surface area contributed by atoms with Crippen molar-refractivity contribution in [1.29, 1.82) is 0 Å². The van der Waals surface area contributed by atoms with Crippen molar-refractivity contribution in [2.45, 2.75) is 0 Å². The van der Waals surface area contributed by atoms with Crippen molar-refractivity contribution in [3.63, 3.8) is 0 Å². The maximum Gasteiger partial charge on any atom is 0.203 e. The Morgan fingerprint density at radius 2 is 1.39 bits per heavy atom. The number of phenolic OH excluding ortho intramolecular Hbond substituents is 1. The second-order valence-corrected chi connectivity index (χ2v) is 5.02. The molecule has 0 spiro atoms. The largest absolute Gasteiger partial charge is 0.507 e. The summed E-state index contributed by atoms with van der Waals surface area (Å²) in [4.78, 5) is 0. The van der Waals surface area contributed by atoms with Gasteiger partial charge in [0.1, 0.15) is 11.5 Å². The van der Waals surface area contributed by atoms with Crippen molar-refractivity contribution in [1.82, 2.24) is 0 Å². The van der Waals surface area contributed by atoms with Crippen LogP contribution in [0.15, 0.2) is 30.3 Å². The molecule has 23 heavy (non-hydrogen) atoms. The van der Waals surface area contributed by atoms with Crippen LogP contribution in [0.3, 0.4) is 0 Å². The Morgan fingerprint density at radius 3 is 2.00 bits per heavy atom. The van der Waals surface area contributed by atoms with E-state index < -0.39 is 0 Å². The highest BCUT2D eigenvalue weighted by Crippen LogP contribution is 2.49. The number of fused-ring (bicyclic) bond motifs is 3. The van der Waals surface area contributed by atoms with Crippen molar-refractivity contribution < 1.29 is 24.1 Å². The Bertz CT molecular complexity index is 886. The average molecular weight is 314 g/mol. The van der Waals surface area contributed by atoms with Crippen LogP contribution in [0.5, 0.6) is 28.7 Å². The first-order valence-corrected chi connectivity index (χ1v) is 7.07. The summed E-state index contributed by atoms with van der Waals surface area (Å²) in [7, 11) is 6.28. The summed E-state index contributed by atoms with van der Waals surface area (Å²) < 4.78 is 21.9. The third kappa shape index (κ3) is 2.16. The van der Waals surface area contributed by atoms with Crippen molar-refractivity contribution in [3.05, 3.63) is 30.3 Å². The van der Waals surface area contributed by atoms with Gasteiger partial charge in [-0.15, -0.1) is 0 Å². The lowest BCUT2D eigenvalue weighted by Crippen LogP contribution is -1.97. The van der Waals surface area contributed by atoms with Crippen LogP contribution in [-0.4, -0.2) is 33.5 Å². The summed E-state index contributed by atoms with van der Waals surface area (Å²) in [6, 6.07) is 9.03. The molecular formula is C18H18O5. The van der Waals surface area contributed by atoms with Gasteiger partial charge in [0, 0.05) is 16.2 Å². The third-order valence-corrected chi connectivity index (χ3v) is 3.92. The molecule has 3 aromatic rings. The molecule has 0 aliphatic heterocycles. The minimum absolute atomic E-state index is 0.150. The third-order valence-electron chi connectivity index (χ3n) is 3.92. The molecule has 0 atom stereocenters. The van der Waals surface area contributed by atoms with Gasteiger partial charge in [-0.25, -0.2) is 0 Å². The van der Waals surface area contributed by atoms with Gasteiger partial charge in [-0.2, -0.15) is 0 Å². The molecule has 0 aliphatic carbocycles. The molecule has 0 aliphatic rings.